The molecule has 1 unspecified atom stereocenters. The molecule has 7 heteroatoms. The van der Waals surface area contributed by atoms with Crippen molar-refractivity contribution < 1.29 is 14.7 Å². The smallest absolute Gasteiger partial charge is 0.326 e. The van der Waals surface area contributed by atoms with Gasteiger partial charge in [0, 0.05) is 19.3 Å². The van der Waals surface area contributed by atoms with Gasteiger partial charge in [0.1, 0.15) is 17.7 Å². The van der Waals surface area contributed by atoms with E-state index >= 15 is 0 Å². The third-order valence-electron chi connectivity index (χ3n) is 3.28. The summed E-state index contributed by atoms with van der Waals surface area (Å²) in [4.78, 5) is 25.1. The van der Waals surface area contributed by atoms with E-state index in [9.17, 15) is 9.59 Å². The van der Waals surface area contributed by atoms with Crippen LogP contribution in [0.25, 0.3) is 0 Å². The van der Waals surface area contributed by atoms with Gasteiger partial charge in [-0.3, -0.25) is 4.79 Å². The fourth-order valence-electron chi connectivity index (χ4n) is 2.10. The summed E-state index contributed by atoms with van der Waals surface area (Å²) >= 11 is 1.51. The Bertz CT molecular complexity index is 439. The van der Waals surface area contributed by atoms with E-state index in [1.165, 1.54) is 11.8 Å². The minimum atomic E-state index is -1.08. The third kappa shape index (κ3) is 6.08. The lowest BCUT2D eigenvalue weighted by Crippen LogP contribution is -2.42. The number of likely N-dealkylation sites (tertiary alicyclic amines) is 1. The quantitative estimate of drug-likeness (QED) is 0.542. The normalized spacial score (nSPS) is 17.0. The van der Waals surface area contributed by atoms with E-state index in [1.54, 1.807) is 6.20 Å². The molecule has 0 bridgehead atoms. The molecule has 0 aromatic rings. The lowest BCUT2D eigenvalue weighted by atomic mass is 10.1. The van der Waals surface area contributed by atoms with Gasteiger partial charge in [0.05, 0.1) is 0 Å². The summed E-state index contributed by atoms with van der Waals surface area (Å²) in [5, 5.41) is 20.6. The Labute approximate surface area is 129 Å². The number of rotatable bonds is 7. The molecule has 0 spiro atoms. The van der Waals surface area contributed by atoms with E-state index in [0.717, 1.165) is 32.4 Å². The van der Waals surface area contributed by atoms with Gasteiger partial charge >= 0.3 is 5.97 Å². The Morgan fingerprint density at radius 1 is 1.43 bits per heavy atom. The first-order valence-corrected chi connectivity index (χ1v) is 8.36. The van der Waals surface area contributed by atoms with E-state index < -0.39 is 17.9 Å². The first-order valence-electron chi connectivity index (χ1n) is 6.97. The molecule has 1 heterocycles. The largest absolute Gasteiger partial charge is 0.480 e. The Morgan fingerprint density at radius 2 is 2.10 bits per heavy atom. The number of hydrogen-bond acceptors (Lipinski definition) is 5. The molecule has 0 aromatic heterocycles. The SMILES string of the molecule is CSCCC(NC(=O)/C(C#N)=C\N1CCCCC1)C(=O)O. The van der Waals surface area contributed by atoms with Crippen LogP contribution in [0, 0.1) is 11.3 Å². The maximum atomic E-state index is 12.0. The number of carboxylic acids is 1. The van der Waals surface area contributed by atoms with Gasteiger partial charge in [0.2, 0.25) is 0 Å². The van der Waals surface area contributed by atoms with Crippen LogP contribution in [-0.4, -0.2) is 53.0 Å². The standard InChI is InChI=1S/C14H21N3O3S/c1-21-8-5-12(14(19)20)16-13(18)11(9-15)10-17-6-3-2-4-7-17/h10,12H,2-8H2,1H3,(H,16,18)(H,19,20)/b11-10-. The molecular formula is C14H21N3O3S. The van der Waals surface area contributed by atoms with Crippen LogP contribution in [0.4, 0.5) is 0 Å². The summed E-state index contributed by atoms with van der Waals surface area (Å²) in [6, 6.07) is 0.903. The number of thioether (sulfide) groups is 1. The van der Waals surface area contributed by atoms with Crippen molar-refractivity contribution in [2.75, 3.05) is 25.1 Å². The maximum absolute atomic E-state index is 12.0. The summed E-state index contributed by atoms with van der Waals surface area (Å²) in [6.45, 7) is 1.65. The lowest BCUT2D eigenvalue weighted by molar-refractivity contribution is -0.141. The van der Waals surface area contributed by atoms with Gasteiger partial charge in [0.15, 0.2) is 0 Å². The van der Waals surface area contributed by atoms with Crippen molar-refractivity contribution in [2.45, 2.75) is 31.7 Å². The summed E-state index contributed by atoms with van der Waals surface area (Å²) in [6.07, 6.45) is 7.00. The number of piperidine rings is 1. The number of nitrogens with zero attached hydrogens (tertiary/aromatic N) is 2. The van der Waals surface area contributed by atoms with Crippen molar-refractivity contribution in [1.82, 2.24) is 10.2 Å². The molecule has 0 aromatic carbocycles. The second kappa shape index (κ2) is 9.29. The summed E-state index contributed by atoms with van der Waals surface area (Å²) in [5.41, 5.74) is -0.0349. The molecule has 1 saturated heterocycles. The second-order valence-electron chi connectivity index (χ2n) is 4.90. The molecule has 1 aliphatic rings. The van der Waals surface area contributed by atoms with Crippen molar-refractivity contribution >= 4 is 23.6 Å². The molecule has 0 aliphatic carbocycles. The predicted molar refractivity (Wildman–Crippen MR) is 81.7 cm³/mol. The van der Waals surface area contributed by atoms with Crippen LogP contribution in [0.15, 0.2) is 11.8 Å². The molecule has 1 atom stereocenters. The number of amides is 1. The average molecular weight is 311 g/mol. The number of carboxylic acid groups (broad SMARTS) is 1. The molecule has 2 N–H and O–H groups in total. The number of carbonyl (C=O) groups is 2. The average Bonchev–Trinajstić information content (AvgIpc) is 2.49. The van der Waals surface area contributed by atoms with Gasteiger partial charge < -0.3 is 15.3 Å². The fraction of sp³-hybridized carbons (Fsp3) is 0.643. The minimum absolute atomic E-state index is 0.0349. The predicted octanol–water partition coefficient (Wildman–Crippen LogP) is 1.20. The van der Waals surface area contributed by atoms with Gasteiger partial charge in [-0.05, 0) is 37.7 Å². The highest BCUT2D eigenvalue weighted by Crippen LogP contribution is 2.11. The molecule has 1 fully saturated rings. The van der Waals surface area contributed by atoms with Crippen molar-refractivity contribution in [3.8, 4) is 6.07 Å². The van der Waals surface area contributed by atoms with Crippen LogP contribution in [0.3, 0.4) is 0 Å². The van der Waals surface area contributed by atoms with Gasteiger partial charge in [-0.1, -0.05) is 0 Å². The zero-order valence-electron chi connectivity index (χ0n) is 12.2. The molecule has 1 rings (SSSR count). The van der Waals surface area contributed by atoms with E-state index in [1.807, 2.05) is 17.2 Å². The minimum Gasteiger partial charge on any atom is -0.480 e. The second-order valence-corrected chi connectivity index (χ2v) is 5.88. The van der Waals surface area contributed by atoms with Gasteiger partial charge in [0.25, 0.3) is 5.91 Å². The van der Waals surface area contributed by atoms with Crippen LogP contribution < -0.4 is 5.32 Å². The van der Waals surface area contributed by atoms with E-state index in [4.69, 9.17) is 10.4 Å². The number of nitrogens with one attached hydrogen (secondary N) is 1. The highest BCUT2D eigenvalue weighted by Gasteiger charge is 2.22. The molecule has 0 saturated carbocycles. The van der Waals surface area contributed by atoms with Crippen LogP contribution in [0.1, 0.15) is 25.7 Å². The third-order valence-corrected chi connectivity index (χ3v) is 3.93. The zero-order chi connectivity index (χ0) is 15.7. The van der Waals surface area contributed by atoms with Crippen molar-refractivity contribution in [3.63, 3.8) is 0 Å². The van der Waals surface area contributed by atoms with Crippen LogP contribution >= 0.6 is 11.8 Å². The highest BCUT2D eigenvalue weighted by molar-refractivity contribution is 7.98. The van der Waals surface area contributed by atoms with Crippen molar-refractivity contribution in [3.05, 3.63) is 11.8 Å². The number of hydrogen-bond donors (Lipinski definition) is 2. The first kappa shape index (κ1) is 17.4. The molecule has 1 amide bonds. The molecule has 1 aliphatic heterocycles. The Morgan fingerprint density at radius 3 is 2.62 bits per heavy atom. The number of nitriles is 1. The van der Waals surface area contributed by atoms with Crippen molar-refractivity contribution in [1.29, 1.82) is 5.26 Å². The molecule has 116 valence electrons. The van der Waals surface area contributed by atoms with Gasteiger partial charge in [-0.25, -0.2) is 4.79 Å². The van der Waals surface area contributed by atoms with E-state index in [-0.39, 0.29) is 5.57 Å². The number of aliphatic carboxylic acids is 1. The lowest BCUT2D eigenvalue weighted by Gasteiger charge is -2.25. The topological polar surface area (TPSA) is 93.4 Å². The van der Waals surface area contributed by atoms with Crippen LogP contribution in [-0.2, 0) is 9.59 Å². The fourth-order valence-corrected chi connectivity index (χ4v) is 2.57. The zero-order valence-corrected chi connectivity index (χ0v) is 13.0. The van der Waals surface area contributed by atoms with E-state index in [2.05, 4.69) is 5.32 Å². The van der Waals surface area contributed by atoms with E-state index in [0.29, 0.717) is 12.2 Å². The highest BCUT2D eigenvalue weighted by atomic mass is 32.2. The van der Waals surface area contributed by atoms with Gasteiger partial charge in [-0.2, -0.15) is 17.0 Å². The maximum Gasteiger partial charge on any atom is 0.326 e. The summed E-state index contributed by atoms with van der Waals surface area (Å²) in [5.74, 6) is -1.06. The molecule has 21 heavy (non-hydrogen) atoms. The first-order chi connectivity index (χ1) is 10.1. The van der Waals surface area contributed by atoms with Crippen molar-refractivity contribution in [2.24, 2.45) is 0 Å². The van der Waals surface area contributed by atoms with Crippen LogP contribution in [0.2, 0.25) is 0 Å². The van der Waals surface area contributed by atoms with Gasteiger partial charge in [-0.15, -0.1) is 0 Å². The molecule has 6 nitrogen and oxygen atoms in total. The van der Waals surface area contributed by atoms with Crippen LogP contribution in [0.5, 0.6) is 0 Å². The molecular weight excluding hydrogens is 290 g/mol. The Kier molecular flexibility index (Phi) is 7.69. The Hall–Kier alpha value is -1.68. The summed E-state index contributed by atoms with van der Waals surface area (Å²) < 4.78 is 0. The number of carbonyl (C=O) groups excluding carboxylic acids is 1. The summed E-state index contributed by atoms with van der Waals surface area (Å²) in [7, 11) is 0. The monoisotopic (exact) mass is 311 g/mol. The Balaban J connectivity index is 2.66. The molecule has 0 radical (unpaired) electrons.